The second kappa shape index (κ2) is 7.74. The van der Waals surface area contributed by atoms with E-state index in [0.717, 1.165) is 10.0 Å². The molecule has 0 radical (unpaired) electrons. The van der Waals surface area contributed by atoms with Crippen molar-refractivity contribution in [3.8, 4) is 0 Å². The highest BCUT2D eigenvalue weighted by molar-refractivity contribution is 9.10. The van der Waals surface area contributed by atoms with Crippen molar-refractivity contribution in [2.45, 2.75) is 6.92 Å². The van der Waals surface area contributed by atoms with Gasteiger partial charge in [-0.25, -0.2) is 4.79 Å². The Balaban J connectivity index is 2.26. The minimum Gasteiger partial charge on any atom is -0.464 e. The summed E-state index contributed by atoms with van der Waals surface area (Å²) in [5, 5.41) is 2.91. The number of hydrogen-bond acceptors (Lipinski definition) is 4. The molecule has 0 fully saturated rings. The minimum atomic E-state index is -0.603. The number of allylic oxidation sites excluding steroid dienone is 1. The predicted octanol–water partition coefficient (Wildman–Crippen LogP) is 4.11. The summed E-state index contributed by atoms with van der Waals surface area (Å²) < 4.78 is 5.65. The molecule has 0 heterocycles. The first-order chi connectivity index (χ1) is 11.0. The van der Waals surface area contributed by atoms with Gasteiger partial charge in [-0.05, 0) is 31.2 Å². The molecule has 118 valence electrons. The van der Waals surface area contributed by atoms with Crippen molar-refractivity contribution in [2.75, 3.05) is 12.4 Å². The molecule has 0 aliphatic carbocycles. The van der Waals surface area contributed by atoms with Gasteiger partial charge in [-0.15, -0.1) is 0 Å². The van der Waals surface area contributed by atoms with Crippen molar-refractivity contribution in [3.05, 3.63) is 75.9 Å². The van der Waals surface area contributed by atoms with Gasteiger partial charge in [0.1, 0.15) is 5.70 Å². The van der Waals surface area contributed by atoms with Crippen molar-refractivity contribution in [2.24, 2.45) is 0 Å². The Labute approximate surface area is 143 Å². The number of hydrogen-bond donors (Lipinski definition) is 1. The van der Waals surface area contributed by atoms with Crippen LogP contribution in [0.4, 0.5) is 5.69 Å². The van der Waals surface area contributed by atoms with Gasteiger partial charge in [-0.1, -0.05) is 45.8 Å². The lowest BCUT2D eigenvalue weighted by atomic mass is 10.1. The molecule has 5 heteroatoms. The van der Waals surface area contributed by atoms with Gasteiger partial charge >= 0.3 is 5.97 Å². The molecule has 0 aromatic heterocycles. The Bertz CT molecular complexity index is 734. The third-order valence-corrected chi connectivity index (χ3v) is 3.67. The first-order valence-electron chi connectivity index (χ1n) is 6.93. The van der Waals surface area contributed by atoms with Gasteiger partial charge in [0.25, 0.3) is 0 Å². The smallest absolute Gasteiger partial charge is 0.354 e. The molecule has 0 aliphatic rings. The van der Waals surface area contributed by atoms with E-state index in [-0.39, 0.29) is 11.5 Å². The number of aryl methyl sites for hydroxylation is 1. The lowest BCUT2D eigenvalue weighted by Crippen LogP contribution is -2.15. The topological polar surface area (TPSA) is 55.4 Å². The van der Waals surface area contributed by atoms with E-state index >= 15 is 0 Å². The largest absolute Gasteiger partial charge is 0.464 e. The highest BCUT2D eigenvalue weighted by atomic mass is 79.9. The second-order valence-corrected chi connectivity index (χ2v) is 5.83. The van der Waals surface area contributed by atoms with Crippen LogP contribution in [0.1, 0.15) is 15.9 Å². The van der Waals surface area contributed by atoms with Crippen LogP contribution in [0.2, 0.25) is 0 Å². The van der Waals surface area contributed by atoms with Gasteiger partial charge in [0.15, 0.2) is 5.78 Å². The zero-order valence-electron chi connectivity index (χ0n) is 12.8. The maximum atomic E-state index is 12.3. The molecule has 0 saturated carbocycles. The third kappa shape index (κ3) is 4.79. The standard InChI is InChI=1S/C18H16BrNO3/c1-12-3-5-13(6-4-12)17(21)11-16(18(22)23-2)20-15-9-7-14(19)8-10-15/h3-11,20H,1-2H3/b16-11-. The van der Waals surface area contributed by atoms with E-state index in [4.69, 9.17) is 4.74 Å². The molecule has 0 atom stereocenters. The van der Waals surface area contributed by atoms with Crippen LogP contribution in [-0.4, -0.2) is 18.9 Å². The molecule has 2 aromatic carbocycles. The molecule has 0 unspecified atom stereocenters. The van der Waals surface area contributed by atoms with Crippen molar-refractivity contribution in [1.29, 1.82) is 0 Å². The van der Waals surface area contributed by atoms with Crippen LogP contribution in [0.5, 0.6) is 0 Å². The molecule has 2 rings (SSSR count). The normalized spacial score (nSPS) is 11.0. The van der Waals surface area contributed by atoms with E-state index in [1.165, 1.54) is 13.2 Å². The first kappa shape index (κ1) is 17.0. The van der Waals surface area contributed by atoms with Crippen molar-refractivity contribution in [1.82, 2.24) is 0 Å². The lowest BCUT2D eigenvalue weighted by Gasteiger charge is -2.09. The Kier molecular flexibility index (Phi) is 5.71. The fraction of sp³-hybridized carbons (Fsp3) is 0.111. The number of esters is 1. The Morgan fingerprint density at radius 3 is 2.22 bits per heavy atom. The number of nitrogens with one attached hydrogen (secondary N) is 1. The minimum absolute atomic E-state index is 0.0837. The first-order valence-corrected chi connectivity index (χ1v) is 7.72. The number of ketones is 1. The molecule has 0 saturated heterocycles. The van der Waals surface area contributed by atoms with Crippen LogP contribution in [0.25, 0.3) is 0 Å². The van der Waals surface area contributed by atoms with Crippen LogP contribution in [-0.2, 0) is 9.53 Å². The SMILES string of the molecule is COC(=O)/C(=C/C(=O)c1ccc(C)cc1)Nc1ccc(Br)cc1. The molecule has 0 aliphatic heterocycles. The summed E-state index contributed by atoms with van der Waals surface area (Å²) in [5.74, 6) is -0.872. The summed E-state index contributed by atoms with van der Waals surface area (Å²) in [6.45, 7) is 1.94. The van der Waals surface area contributed by atoms with Crippen LogP contribution in [0, 0.1) is 6.92 Å². The maximum absolute atomic E-state index is 12.3. The Morgan fingerprint density at radius 2 is 1.65 bits per heavy atom. The maximum Gasteiger partial charge on any atom is 0.354 e. The summed E-state index contributed by atoms with van der Waals surface area (Å²) in [6.07, 6.45) is 1.25. The predicted molar refractivity (Wildman–Crippen MR) is 93.4 cm³/mol. The van der Waals surface area contributed by atoms with E-state index in [9.17, 15) is 9.59 Å². The van der Waals surface area contributed by atoms with Crippen molar-refractivity contribution >= 4 is 33.4 Å². The molecule has 0 bridgehead atoms. The summed E-state index contributed by atoms with van der Waals surface area (Å²) in [5.41, 5.74) is 2.34. The zero-order valence-corrected chi connectivity index (χ0v) is 14.4. The third-order valence-electron chi connectivity index (χ3n) is 3.14. The van der Waals surface area contributed by atoms with Gasteiger partial charge in [0.05, 0.1) is 7.11 Å². The number of benzene rings is 2. The molecule has 2 aromatic rings. The fourth-order valence-electron chi connectivity index (χ4n) is 1.88. The van der Waals surface area contributed by atoms with E-state index in [2.05, 4.69) is 21.2 Å². The quantitative estimate of drug-likeness (QED) is 0.486. The van der Waals surface area contributed by atoms with Gasteiger partial charge in [0, 0.05) is 21.8 Å². The average molecular weight is 374 g/mol. The average Bonchev–Trinajstić information content (AvgIpc) is 2.56. The number of carbonyl (C=O) groups excluding carboxylic acids is 2. The fourth-order valence-corrected chi connectivity index (χ4v) is 2.14. The molecular weight excluding hydrogens is 358 g/mol. The van der Waals surface area contributed by atoms with Gasteiger partial charge in [-0.2, -0.15) is 0 Å². The number of rotatable bonds is 5. The summed E-state index contributed by atoms with van der Waals surface area (Å²) >= 11 is 3.34. The second-order valence-electron chi connectivity index (χ2n) is 4.91. The van der Waals surface area contributed by atoms with E-state index in [0.29, 0.717) is 11.3 Å². The van der Waals surface area contributed by atoms with Crippen LogP contribution >= 0.6 is 15.9 Å². The lowest BCUT2D eigenvalue weighted by molar-refractivity contribution is -0.135. The number of ether oxygens (including phenoxy) is 1. The van der Waals surface area contributed by atoms with Crippen molar-refractivity contribution < 1.29 is 14.3 Å². The Hall–Kier alpha value is -2.40. The van der Waals surface area contributed by atoms with Crippen LogP contribution < -0.4 is 5.32 Å². The Morgan fingerprint density at radius 1 is 1.04 bits per heavy atom. The summed E-state index contributed by atoms with van der Waals surface area (Å²) in [6, 6.07) is 14.4. The summed E-state index contributed by atoms with van der Waals surface area (Å²) in [7, 11) is 1.27. The van der Waals surface area contributed by atoms with Crippen molar-refractivity contribution in [3.63, 3.8) is 0 Å². The van der Waals surface area contributed by atoms with Gasteiger partial charge in [0.2, 0.25) is 0 Å². The molecule has 1 N–H and O–H groups in total. The zero-order chi connectivity index (χ0) is 16.8. The molecule has 4 nitrogen and oxygen atoms in total. The molecule has 23 heavy (non-hydrogen) atoms. The van der Waals surface area contributed by atoms with E-state index in [1.54, 1.807) is 24.3 Å². The highest BCUT2D eigenvalue weighted by Gasteiger charge is 2.13. The highest BCUT2D eigenvalue weighted by Crippen LogP contribution is 2.17. The van der Waals surface area contributed by atoms with E-state index < -0.39 is 5.97 Å². The van der Waals surface area contributed by atoms with Gasteiger partial charge in [-0.3, -0.25) is 4.79 Å². The monoisotopic (exact) mass is 373 g/mol. The molecule has 0 amide bonds. The molecular formula is C18H16BrNO3. The van der Waals surface area contributed by atoms with Crippen LogP contribution in [0.3, 0.4) is 0 Å². The van der Waals surface area contributed by atoms with Gasteiger partial charge < -0.3 is 10.1 Å². The van der Waals surface area contributed by atoms with Crippen LogP contribution in [0.15, 0.2) is 64.8 Å². The summed E-state index contributed by atoms with van der Waals surface area (Å²) in [4.78, 5) is 24.2. The molecule has 0 spiro atoms. The number of halogens is 1. The number of carbonyl (C=O) groups is 2. The van der Waals surface area contributed by atoms with E-state index in [1.807, 2.05) is 31.2 Å². The number of anilines is 1. The number of methoxy groups -OCH3 is 1.